The van der Waals surface area contributed by atoms with E-state index >= 15 is 0 Å². The molecule has 0 bridgehead atoms. The highest BCUT2D eigenvalue weighted by molar-refractivity contribution is 4.89. The van der Waals surface area contributed by atoms with E-state index < -0.39 is 0 Å². The number of rotatable bonds is 7. The molecule has 0 saturated heterocycles. The molecule has 0 amide bonds. The van der Waals surface area contributed by atoms with Gasteiger partial charge in [0.25, 0.3) is 0 Å². The van der Waals surface area contributed by atoms with Crippen LogP contribution in [0.2, 0.25) is 0 Å². The van der Waals surface area contributed by atoms with Crippen molar-refractivity contribution < 1.29 is 0 Å². The first-order chi connectivity index (χ1) is 6.10. The Bertz CT molecular complexity index is 142. The molecule has 0 aromatic heterocycles. The van der Waals surface area contributed by atoms with Gasteiger partial charge < -0.3 is 5.32 Å². The minimum absolute atomic E-state index is 0.282. The molecule has 0 fully saturated rings. The molecule has 1 heteroatoms. The lowest BCUT2D eigenvalue weighted by Crippen LogP contribution is -2.47. The van der Waals surface area contributed by atoms with Crippen molar-refractivity contribution in [3.63, 3.8) is 0 Å². The Labute approximate surface area is 83.6 Å². The second kappa shape index (κ2) is 6.20. The molecule has 0 aliphatic heterocycles. The maximum atomic E-state index is 3.74. The summed E-state index contributed by atoms with van der Waals surface area (Å²) in [5.74, 6) is 0.738. The third-order valence-corrected chi connectivity index (χ3v) is 3.19. The zero-order valence-electron chi connectivity index (χ0n) is 9.69. The zero-order chi connectivity index (χ0) is 10.3. The molecule has 0 saturated carbocycles. The highest BCUT2D eigenvalue weighted by Crippen LogP contribution is 2.24. The van der Waals surface area contributed by atoms with Gasteiger partial charge in [-0.3, -0.25) is 0 Å². The van der Waals surface area contributed by atoms with Crippen LogP contribution in [0.15, 0.2) is 12.7 Å². The highest BCUT2D eigenvalue weighted by Gasteiger charge is 2.27. The molecule has 0 aliphatic carbocycles. The van der Waals surface area contributed by atoms with Crippen LogP contribution >= 0.6 is 0 Å². The van der Waals surface area contributed by atoms with Crippen LogP contribution in [-0.2, 0) is 0 Å². The summed E-state index contributed by atoms with van der Waals surface area (Å²) in [6, 6.07) is 0. The van der Waals surface area contributed by atoms with Crippen molar-refractivity contribution in [3.8, 4) is 0 Å². The lowest BCUT2D eigenvalue weighted by Gasteiger charge is -2.36. The van der Waals surface area contributed by atoms with Crippen LogP contribution < -0.4 is 5.32 Å². The van der Waals surface area contributed by atoms with Crippen molar-refractivity contribution in [2.24, 2.45) is 5.92 Å². The summed E-state index contributed by atoms with van der Waals surface area (Å²) in [5, 5.41) is 3.56. The van der Waals surface area contributed by atoms with E-state index in [0.717, 1.165) is 12.5 Å². The van der Waals surface area contributed by atoms with Gasteiger partial charge in [0.15, 0.2) is 0 Å². The molecule has 0 aliphatic rings. The highest BCUT2D eigenvalue weighted by atomic mass is 15.0. The first kappa shape index (κ1) is 12.7. The van der Waals surface area contributed by atoms with E-state index in [1.54, 1.807) is 0 Å². The smallest absolute Gasteiger partial charge is 0.0179 e. The summed E-state index contributed by atoms with van der Waals surface area (Å²) >= 11 is 0. The Morgan fingerprint density at radius 3 is 2.46 bits per heavy atom. The summed E-state index contributed by atoms with van der Waals surface area (Å²) < 4.78 is 0. The van der Waals surface area contributed by atoms with E-state index in [0.29, 0.717) is 0 Å². The maximum Gasteiger partial charge on any atom is 0.0179 e. The number of hydrogen-bond acceptors (Lipinski definition) is 1. The number of nitrogens with one attached hydrogen (secondary N) is 1. The second-order valence-corrected chi connectivity index (χ2v) is 4.13. The summed E-state index contributed by atoms with van der Waals surface area (Å²) in [5.41, 5.74) is 0.282. The normalized spacial score (nSPS) is 17.8. The Hall–Kier alpha value is -0.300. The van der Waals surface area contributed by atoms with Crippen molar-refractivity contribution in [1.29, 1.82) is 0 Å². The van der Waals surface area contributed by atoms with E-state index in [1.807, 2.05) is 6.08 Å². The van der Waals surface area contributed by atoms with Crippen LogP contribution in [-0.4, -0.2) is 12.1 Å². The maximum absolute atomic E-state index is 3.74. The van der Waals surface area contributed by atoms with Crippen molar-refractivity contribution in [2.45, 2.75) is 52.5 Å². The lowest BCUT2D eigenvalue weighted by atomic mass is 9.82. The van der Waals surface area contributed by atoms with Gasteiger partial charge in [-0.05, 0) is 25.7 Å². The van der Waals surface area contributed by atoms with E-state index in [4.69, 9.17) is 0 Å². The van der Waals surface area contributed by atoms with E-state index in [2.05, 4.69) is 39.6 Å². The van der Waals surface area contributed by atoms with Crippen LogP contribution in [0.3, 0.4) is 0 Å². The lowest BCUT2D eigenvalue weighted by molar-refractivity contribution is 0.231. The molecule has 0 aromatic rings. The van der Waals surface area contributed by atoms with Gasteiger partial charge >= 0.3 is 0 Å². The summed E-state index contributed by atoms with van der Waals surface area (Å²) in [6.07, 6.45) is 5.69. The Morgan fingerprint density at radius 2 is 2.08 bits per heavy atom. The first-order valence-corrected chi connectivity index (χ1v) is 5.46. The van der Waals surface area contributed by atoms with Gasteiger partial charge in [-0.1, -0.05) is 33.3 Å². The topological polar surface area (TPSA) is 12.0 Å². The van der Waals surface area contributed by atoms with Crippen molar-refractivity contribution >= 4 is 0 Å². The molecule has 0 heterocycles. The van der Waals surface area contributed by atoms with Crippen molar-refractivity contribution in [3.05, 3.63) is 12.7 Å². The Morgan fingerprint density at radius 1 is 1.46 bits per heavy atom. The molecule has 2 atom stereocenters. The predicted molar refractivity (Wildman–Crippen MR) is 61.0 cm³/mol. The van der Waals surface area contributed by atoms with Gasteiger partial charge in [-0.15, -0.1) is 6.58 Å². The van der Waals surface area contributed by atoms with Crippen LogP contribution in [0.1, 0.15) is 47.0 Å². The third-order valence-electron chi connectivity index (χ3n) is 3.19. The van der Waals surface area contributed by atoms with Gasteiger partial charge in [-0.2, -0.15) is 0 Å². The molecule has 1 nitrogen and oxygen atoms in total. The fourth-order valence-corrected chi connectivity index (χ4v) is 1.70. The van der Waals surface area contributed by atoms with Crippen LogP contribution in [0, 0.1) is 5.92 Å². The molecule has 13 heavy (non-hydrogen) atoms. The minimum atomic E-state index is 0.282. The van der Waals surface area contributed by atoms with Gasteiger partial charge in [0, 0.05) is 12.1 Å². The van der Waals surface area contributed by atoms with Crippen molar-refractivity contribution in [1.82, 2.24) is 5.32 Å². The predicted octanol–water partition coefficient (Wildman–Crippen LogP) is 3.37. The zero-order valence-corrected chi connectivity index (χ0v) is 9.69. The van der Waals surface area contributed by atoms with Gasteiger partial charge in [-0.25, -0.2) is 0 Å². The molecule has 78 valence electrons. The molecular formula is C12H25N. The molecule has 0 rings (SSSR count). The van der Waals surface area contributed by atoms with Crippen LogP contribution in [0.25, 0.3) is 0 Å². The van der Waals surface area contributed by atoms with Crippen LogP contribution in [0.5, 0.6) is 0 Å². The molecule has 0 spiro atoms. The van der Waals surface area contributed by atoms with Gasteiger partial charge in [0.1, 0.15) is 0 Å². The molecule has 0 aromatic carbocycles. The van der Waals surface area contributed by atoms with E-state index in [-0.39, 0.29) is 5.54 Å². The quantitative estimate of drug-likeness (QED) is 0.597. The third kappa shape index (κ3) is 3.95. The Balaban J connectivity index is 4.14. The average molecular weight is 183 g/mol. The summed E-state index contributed by atoms with van der Waals surface area (Å²) in [6.45, 7) is 13.8. The monoisotopic (exact) mass is 183 g/mol. The minimum Gasteiger partial charge on any atom is -0.308 e. The van der Waals surface area contributed by atoms with Crippen LogP contribution in [0.4, 0.5) is 0 Å². The Kier molecular flexibility index (Phi) is 6.06. The molecule has 0 unspecified atom stereocenters. The number of hydrogen-bond donors (Lipinski definition) is 1. The fourth-order valence-electron chi connectivity index (χ4n) is 1.70. The van der Waals surface area contributed by atoms with E-state index in [1.165, 1.54) is 19.3 Å². The van der Waals surface area contributed by atoms with Crippen molar-refractivity contribution in [2.75, 3.05) is 6.54 Å². The molecule has 0 radical (unpaired) electrons. The largest absolute Gasteiger partial charge is 0.308 e. The summed E-state index contributed by atoms with van der Waals surface area (Å²) in [7, 11) is 0. The van der Waals surface area contributed by atoms with Gasteiger partial charge in [0.2, 0.25) is 0 Å². The second-order valence-electron chi connectivity index (χ2n) is 4.13. The SMILES string of the molecule is C=CCN[C@@](C)(CC)[C@H](C)CCC. The standard InChI is InChI=1S/C12H25N/c1-6-9-11(4)12(5,8-3)13-10-7-2/h7,11,13H,2,6,8-10H2,1,3-5H3/t11-,12+/m1/s1. The first-order valence-electron chi connectivity index (χ1n) is 5.46. The fraction of sp³-hybridized carbons (Fsp3) is 0.833. The molecular weight excluding hydrogens is 158 g/mol. The summed E-state index contributed by atoms with van der Waals surface area (Å²) in [4.78, 5) is 0. The van der Waals surface area contributed by atoms with Gasteiger partial charge in [0.05, 0.1) is 0 Å². The average Bonchev–Trinajstić information content (AvgIpc) is 2.14. The molecule has 1 N–H and O–H groups in total. The van der Waals surface area contributed by atoms with E-state index in [9.17, 15) is 0 Å².